The molecule has 0 amide bonds. The quantitative estimate of drug-likeness (QED) is 0.0907. The van der Waals surface area contributed by atoms with Crippen molar-refractivity contribution >= 4 is 17.9 Å². The fourth-order valence-corrected chi connectivity index (χ4v) is 14.7. The van der Waals surface area contributed by atoms with Gasteiger partial charge in [-0.3, -0.25) is 9.59 Å². The van der Waals surface area contributed by atoms with E-state index in [1.807, 2.05) is 13.8 Å². The number of aliphatic hydroxyl groups excluding tert-OH is 1. The van der Waals surface area contributed by atoms with Crippen LogP contribution in [0.1, 0.15) is 137 Å². The number of fused-ring (bicyclic) bond motifs is 3. The number of hydrogen-bond acceptors (Lipinski definition) is 10. The Kier molecular flexibility index (Phi) is 10.1. The lowest BCUT2D eigenvalue weighted by Crippen LogP contribution is -2.72. The maximum absolute atomic E-state index is 13.8. The largest absolute Gasteiger partial charge is 0.458 e. The molecule has 10 aliphatic rings. The van der Waals surface area contributed by atoms with E-state index < -0.39 is 40.9 Å². The molecule has 5 unspecified atom stereocenters. The molecule has 0 aromatic carbocycles. The lowest BCUT2D eigenvalue weighted by molar-refractivity contribution is -0.206. The maximum Gasteiger partial charge on any atom is 0.334 e. The number of allylic oxidation sites excluding steroid dienone is 4. The van der Waals surface area contributed by atoms with Gasteiger partial charge in [-0.05, 0) is 141 Å². The van der Waals surface area contributed by atoms with Gasteiger partial charge >= 0.3 is 17.9 Å². The first-order valence-electron chi connectivity index (χ1n) is 23.9. The van der Waals surface area contributed by atoms with Crippen molar-refractivity contribution in [3.63, 3.8) is 0 Å². The number of hydrogen-bond donors (Lipinski definition) is 2. The first-order chi connectivity index (χ1) is 29.1. The molecule has 6 saturated carbocycles. The van der Waals surface area contributed by atoms with Gasteiger partial charge in [0.2, 0.25) is 0 Å². The Hall–Kier alpha value is -3.05. The minimum atomic E-state index is -1.38. The highest BCUT2D eigenvalue weighted by molar-refractivity contribution is 5.92. The number of ether oxygens (including phenoxy) is 5. The lowest BCUT2D eigenvalue weighted by Gasteiger charge is -2.56. The van der Waals surface area contributed by atoms with Crippen LogP contribution in [0, 0.1) is 46.3 Å². The molecule has 10 nitrogen and oxygen atoms in total. The third-order valence-corrected chi connectivity index (χ3v) is 18.5. The Morgan fingerprint density at radius 3 is 2.43 bits per heavy atom. The second-order valence-electron chi connectivity index (χ2n) is 21.7. The number of carbonyl (C=O) groups excluding carboxylic acids is 3. The Morgan fingerprint density at radius 2 is 1.67 bits per heavy atom. The highest BCUT2D eigenvalue weighted by Gasteiger charge is 2.95. The number of cyclic esters (lactones) is 1. The van der Waals surface area contributed by atoms with Gasteiger partial charge in [0.15, 0.2) is 11.7 Å². The zero-order chi connectivity index (χ0) is 42.9. The van der Waals surface area contributed by atoms with E-state index >= 15 is 0 Å². The topological polar surface area (TPSA) is 144 Å². The fourth-order valence-electron chi connectivity index (χ4n) is 14.7. The van der Waals surface area contributed by atoms with Crippen LogP contribution in [0.15, 0.2) is 58.7 Å². The lowest BCUT2D eigenvalue weighted by atomic mass is 9.46. The fraction of sp³-hybridized carbons (Fsp3) is 0.745. The summed E-state index contributed by atoms with van der Waals surface area (Å²) in [4.78, 5) is 39.7. The van der Waals surface area contributed by atoms with Gasteiger partial charge in [0.05, 0.1) is 31.2 Å². The van der Waals surface area contributed by atoms with Crippen molar-refractivity contribution in [1.82, 2.24) is 0 Å². The van der Waals surface area contributed by atoms with Gasteiger partial charge < -0.3 is 33.9 Å². The van der Waals surface area contributed by atoms with Crippen molar-refractivity contribution in [2.75, 3.05) is 6.61 Å². The molecule has 2 N–H and O–H groups in total. The van der Waals surface area contributed by atoms with Gasteiger partial charge in [-0.1, -0.05) is 71.1 Å². The van der Waals surface area contributed by atoms with Gasteiger partial charge in [0.25, 0.3) is 0 Å². The molecule has 8 fully saturated rings. The summed E-state index contributed by atoms with van der Waals surface area (Å²) in [6.45, 7) is 15.6. The second kappa shape index (κ2) is 14.7. The van der Waals surface area contributed by atoms with Crippen LogP contribution in [-0.4, -0.2) is 82.1 Å². The predicted octanol–water partition coefficient (Wildman–Crippen LogP) is 8.10. The first kappa shape index (κ1) is 41.9. The first-order valence-corrected chi connectivity index (χ1v) is 23.9. The number of epoxide rings is 2. The SMILES string of the molecule is C=C1/C(=C\C=C2/CCC[C@@]3(C)C2CCC3[C@@H](C)/C=C/C(O)C2CC2)CCCC1OC(=O)CCC(=O)O[C@H]1[C@]23O[C@H]2CC2C4=C(CC[C@]2(C)[C@@]32O[C@H]2C[C@@]1(O)C(C)C)C(=O)OC4. The predicted molar refractivity (Wildman–Crippen MR) is 226 cm³/mol. The van der Waals surface area contributed by atoms with Gasteiger partial charge in [-0.2, -0.15) is 0 Å². The van der Waals surface area contributed by atoms with Crippen LogP contribution in [0.2, 0.25) is 0 Å². The van der Waals surface area contributed by atoms with E-state index in [0.29, 0.717) is 56.0 Å². The van der Waals surface area contributed by atoms with Crippen molar-refractivity contribution in [3.05, 3.63) is 58.7 Å². The molecule has 0 bridgehead atoms. The summed E-state index contributed by atoms with van der Waals surface area (Å²) in [7, 11) is 0. The van der Waals surface area contributed by atoms with Crippen LogP contribution in [0.25, 0.3) is 0 Å². The molecule has 0 radical (unpaired) electrons. The zero-order valence-electron chi connectivity index (χ0n) is 37.0. The van der Waals surface area contributed by atoms with Crippen LogP contribution in [0.3, 0.4) is 0 Å². The van der Waals surface area contributed by atoms with E-state index in [4.69, 9.17) is 23.7 Å². The Bertz CT molecular complexity index is 2010. The Balaban J connectivity index is 0.772. The smallest absolute Gasteiger partial charge is 0.334 e. The minimum absolute atomic E-state index is 0.0455. The van der Waals surface area contributed by atoms with Crippen molar-refractivity contribution in [3.8, 4) is 0 Å². The molecular formula is C51H68O10. The van der Waals surface area contributed by atoms with Crippen molar-refractivity contribution in [1.29, 1.82) is 0 Å². The van der Waals surface area contributed by atoms with Gasteiger partial charge in [0, 0.05) is 17.4 Å². The van der Waals surface area contributed by atoms with Crippen molar-refractivity contribution in [2.24, 2.45) is 46.3 Å². The summed E-state index contributed by atoms with van der Waals surface area (Å²) in [5.74, 6) is 0.589. The number of carbonyl (C=O) groups is 3. The third-order valence-electron chi connectivity index (χ3n) is 18.5. The van der Waals surface area contributed by atoms with Crippen molar-refractivity contribution < 1.29 is 48.3 Å². The molecule has 0 aromatic rings. The number of esters is 3. The molecular weight excluding hydrogens is 773 g/mol. The molecule has 332 valence electrons. The average molecular weight is 841 g/mol. The summed E-state index contributed by atoms with van der Waals surface area (Å²) in [6, 6.07) is 0. The highest BCUT2D eigenvalue weighted by atomic mass is 16.7. The van der Waals surface area contributed by atoms with E-state index in [0.717, 1.165) is 60.8 Å². The minimum Gasteiger partial charge on any atom is -0.458 e. The summed E-state index contributed by atoms with van der Waals surface area (Å²) in [5, 5.41) is 22.8. The molecule has 7 aliphatic carbocycles. The normalized spacial score (nSPS) is 45.7. The van der Waals surface area contributed by atoms with Crippen molar-refractivity contribution in [2.45, 2.75) is 185 Å². The number of rotatable bonds is 11. The van der Waals surface area contributed by atoms with E-state index in [2.05, 4.69) is 51.7 Å². The number of aliphatic hydroxyl groups is 2. The van der Waals surface area contributed by atoms with Gasteiger partial charge in [-0.15, -0.1) is 0 Å². The molecule has 3 heterocycles. The van der Waals surface area contributed by atoms with Gasteiger partial charge in [0.1, 0.15) is 23.9 Å². The Labute approximate surface area is 361 Å². The molecule has 2 saturated heterocycles. The molecule has 14 atom stereocenters. The second-order valence-corrected chi connectivity index (χ2v) is 21.7. The van der Waals surface area contributed by atoms with E-state index in [1.54, 1.807) is 0 Å². The molecule has 2 spiro atoms. The van der Waals surface area contributed by atoms with Gasteiger partial charge in [-0.25, -0.2) is 4.79 Å². The van der Waals surface area contributed by atoms with Crippen LogP contribution >= 0.6 is 0 Å². The standard InChI is InChI=1S/C51H68O10/c1-28(2)49(56)26-42-51(61-42)48(6)24-22-34-35(27-57-45(34)55)38(48)25-41-50(51,60-41)46(49)59-44(54)21-20-43(53)58-40-11-7-9-31(30(40)4)13-14-32-10-8-23-47(5)36(17-18-37(32)47)29(3)12-19-39(52)33-15-16-33/h12-14,19,28-29,33,36-42,46,52,56H,4,7-11,15-18,20-27H2,1-3,5-6H3/b19-12+,31-13-,32-14+/t29-,36?,37?,38?,39?,40?,41-,42-,46+,47+,48-,49+,50+,51+/m0/s1. The summed E-state index contributed by atoms with van der Waals surface area (Å²) in [6.07, 6.45) is 19.3. The molecule has 10 rings (SSSR count). The monoisotopic (exact) mass is 840 g/mol. The average Bonchev–Trinajstić information content (AvgIpc) is 4.17. The van der Waals surface area contributed by atoms with E-state index in [9.17, 15) is 24.6 Å². The van der Waals surface area contributed by atoms with Crippen LogP contribution in [-0.2, 0) is 38.1 Å². The molecule has 10 heteroatoms. The molecule has 61 heavy (non-hydrogen) atoms. The zero-order valence-corrected chi connectivity index (χ0v) is 37.0. The third kappa shape index (κ3) is 6.32. The summed E-state index contributed by atoms with van der Waals surface area (Å²) < 4.78 is 31.2. The Morgan fingerprint density at radius 1 is 0.902 bits per heavy atom. The van der Waals surface area contributed by atoms with Crippen LogP contribution in [0.4, 0.5) is 0 Å². The van der Waals surface area contributed by atoms with Crippen LogP contribution in [0.5, 0.6) is 0 Å². The highest BCUT2D eigenvalue weighted by Crippen LogP contribution is 2.80. The molecule has 0 aromatic heterocycles. The van der Waals surface area contributed by atoms with E-state index in [-0.39, 0.29) is 59.8 Å². The maximum atomic E-state index is 13.8. The van der Waals surface area contributed by atoms with Crippen LogP contribution < -0.4 is 0 Å². The van der Waals surface area contributed by atoms with E-state index in [1.165, 1.54) is 31.3 Å². The summed E-state index contributed by atoms with van der Waals surface area (Å²) in [5.41, 5.74) is 2.06. The molecule has 3 aliphatic heterocycles. The summed E-state index contributed by atoms with van der Waals surface area (Å²) >= 11 is 0.